The fourth-order valence-corrected chi connectivity index (χ4v) is 5.25. The van der Waals surface area contributed by atoms with Gasteiger partial charge in [0, 0.05) is 35.3 Å². The molecule has 5 rings (SSSR count). The van der Waals surface area contributed by atoms with Gasteiger partial charge in [-0.15, -0.1) is 21.5 Å². The maximum absolute atomic E-state index is 12.5. The van der Waals surface area contributed by atoms with E-state index in [-0.39, 0.29) is 5.91 Å². The monoisotopic (exact) mass is 517 g/mol. The number of nitrogens with zero attached hydrogens (tertiary/aromatic N) is 4. The second-order valence-corrected chi connectivity index (χ2v) is 9.95. The molecule has 3 aromatic heterocycles. The van der Waals surface area contributed by atoms with Gasteiger partial charge in [0.2, 0.25) is 0 Å². The SMILES string of the molecule is O=C(NCc1ccncc1)c1ccc(CSc2nnc(-c3cccs3)n2-c2cccc(Cl)c2)cc1. The van der Waals surface area contributed by atoms with Gasteiger partial charge in [0.1, 0.15) is 0 Å². The summed E-state index contributed by atoms with van der Waals surface area (Å²) < 4.78 is 2.03. The van der Waals surface area contributed by atoms with Gasteiger partial charge in [0.25, 0.3) is 5.91 Å². The number of rotatable bonds is 8. The minimum Gasteiger partial charge on any atom is -0.348 e. The predicted octanol–water partition coefficient (Wildman–Crippen LogP) is 6.27. The Balaban J connectivity index is 1.29. The van der Waals surface area contributed by atoms with Crippen LogP contribution in [0.5, 0.6) is 0 Å². The lowest BCUT2D eigenvalue weighted by molar-refractivity contribution is 0.0951. The number of amides is 1. The third-order valence-corrected chi connectivity index (χ3v) is 7.33. The smallest absolute Gasteiger partial charge is 0.251 e. The zero-order valence-electron chi connectivity index (χ0n) is 18.5. The average Bonchev–Trinajstić information content (AvgIpc) is 3.57. The summed E-state index contributed by atoms with van der Waals surface area (Å²) in [7, 11) is 0. The predicted molar refractivity (Wildman–Crippen MR) is 141 cm³/mol. The van der Waals surface area contributed by atoms with Gasteiger partial charge in [-0.25, -0.2) is 0 Å². The van der Waals surface area contributed by atoms with Crippen molar-refractivity contribution in [2.75, 3.05) is 0 Å². The first-order valence-electron chi connectivity index (χ1n) is 10.8. The van der Waals surface area contributed by atoms with E-state index in [2.05, 4.69) is 20.5 Å². The molecule has 0 atom stereocenters. The van der Waals surface area contributed by atoms with E-state index >= 15 is 0 Å². The van der Waals surface area contributed by atoms with E-state index in [0.29, 0.717) is 22.9 Å². The number of carbonyl (C=O) groups excluding carboxylic acids is 1. The fraction of sp³-hybridized carbons (Fsp3) is 0.0769. The van der Waals surface area contributed by atoms with Gasteiger partial charge in [-0.05, 0) is 65.0 Å². The molecular weight excluding hydrogens is 498 g/mol. The molecule has 0 bridgehead atoms. The fourth-order valence-electron chi connectivity index (χ4n) is 3.46. The van der Waals surface area contributed by atoms with Crippen molar-refractivity contribution in [3.8, 4) is 16.4 Å². The van der Waals surface area contributed by atoms with E-state index in [9.17, 15) is 4.79 Å². The second-order valence-electron chi connectivity index (χ2n) is 7.62. The first kappa shape index (κ1) is 23.3. The maximum atomic E-state index is 12.5. The van der Waals surface area contributed by atoms with E-state index in [4.69, 9.17) is 11.6 Å². The van der Waals surface area contributed by atoms with E-state index in [1.54, 1.807) is 35.5 Å². The molecule has 1 amide bonds. The number of hydrogen-bond acceptors (Lipinski definition) is 6. The van der Waals surface area contributed by atoms with Gasteiger partial charge in [-0.3, -0.25) is 14.3 Å². The van der Waals surface area contributed by atoms with Crippen molar-refractivity contribution < 1.29 is 4.79 Å². The van der Waals surface area contributed by atoms with Crippen LogP contribution >= 0.6 is 34.7 Å². The van der Waals surface area contributed by atoms with E-state index in [0.717, 1.165) is 32.7 Å². The Morgan fingerprint density at radius 1 is 0.971 bits per heavy atom. The number of thiophene rings is 1. The molecular formula is C26H20ClN5OS2. The van der Waals surface area contributed by atoms with Gasteiger partial charge >= 0.3 is 0 Å². The maximum Gasteiger partial charge on any atom is 0.251 e. The highest BCUT2D eigenvalue weighted by Crippen LogP contribution is 2.32. The average molecular weight is 518 g/mol. The van der Waals surface area contributed by atoms with Crippen molar-refractivity contribution in [3.63, 3.8) is 0 Å². The van der Waals surface area contributed by atoms with Crippen LogP contribution in [0.15, 0.2) is 95.7 Å². The molecule has 0 aliphatic heterocycles. The number of halogens is 1. The van der Waals surface area contributed by atoms with Crippen LogP contribution in [0, 0.1) is 0 Å². The van der Waals surface area contributed by atoms with Gasteiger partial charge < -0.3 is 5.32 Å². The Morgan fingerprint density at radius 3 is 2.54 bits per heavy atom. The number of hydrogen-bond donors (Lipinski definition) is 1. The molecule has 174 valence electrons. The Bertz CT molecular complexity index is 1420. The van der Waals surface area contributed by atoms with Crippen molar-refractivity contribution in [2.24, 2.45) is 0 Å². The standard InChI is InChI=1S/C26H20ClN5OS2/c27-21-3-1-4-22(15-21)32-24(23-5-2-14-34-23)30-31-26(32)35-17-19-6-8-20(9-7-19)25(33)29-16-18-10-12-28-13-11-18/h1-15H,16-17H2,(H,29,33). The van der Waals surface area contributed by atoms with Crippen molar-refractivity contribution in [3.05, 3.63) is 112 Å². The molecule has 35 heavy (non-hydrogen) atoms. The van der Waals surface area contributed by atoms with Crippen LogP contribution < -0.4 is 5.32 Å². The van der Waals surface area contributed by atoms with Crippen molar-refractivity contribution in [1.82, 2.24) is 25.1 Å². The van der Waals surface area contributed by atoms with Crippen molar-refractivity contribution in [1.29, 1.82) is 0 Å². The minimum atomic E-state index is -0.109. The summed E-state index contributed by atoms with van der Waals surface area (Å²) in [5.41, 5.74) is 3.62. The molecule has 9 heteroatoms. The number of pyridine rings is 1. The number of carbonyl (C=O) groups is 1. The van der Waals surface area contributed by atoms with E-state index in [1.807, 2.05) is 82.7 Å². The quantitative estimate of drug-likeness (QED) is 0.246. The number of thioether (sulfide) groups is 1. The summed E-state index contributed by atoms with van der Waals surface area (Å²) in [6.45, 7) is 0.463. The highest BCUT2D eigenvalue weighted by Gasteiger charge is 2.17. The Kier molecular flexibility index (Phi) is 7.23. The largest absolute Gasteiger partial charge is 0.348 e. The molecule has 0 radical (unpaired) electrons. The highest BCUT2D eigenvalue weighted by atomic mass is 35.5. The molecule has 5 aromatic rings. The lowest BCUT2D eigenvalue weighted by Gasteiger charge is -2.10. The van der Waals surface area contributed by atoms with Crippen LogP contribution in [0.4, 0.5) is 0 Å². The van der Waals surface area contributed by atoms with Crippen LogP contribution in [0.2, 0.25) is 5.02 Å². The number of nitrogens with one attached hydrogen (secondary N) is 1. The summed E-state index contributed by atoms with van der Waals surface area (Å²) in [4.78, 5) is 17.5. The molecule has 3 heterocycles. The first-order valence-corrected chi connectivity index (χ1v) is 13.1. The molecule has 1 N–H and O–H groups in total. The molecule has 0 fully saturated rings. The minimum absolute atomic E-state index is 0.109. The molecule has 0 saturated heterocycles. The zero-order chi connectivity index (χ0) is 24.0. The summed E-state index contributed by atoms with van der Waals surface area (Å²) in [6.07, 6.45) is 3.43. The van der Waals surface area contributed by atoms with Crippen LogP contribution in [-0.2, 0) is 12.3 Å². The lowest BCUT2D eigenvalue weighted by Crippen LogP contribution is -2.22. The van der Waals surface area contributed by atoms with Gasteiger partial charge in [0.15, 0.2) is 11.0 Å². The summed E-state index contributed by atoms with van der Waals surface area (Å²) in [5, 5.41) is 15.3. The van der Waals surface area contributed by atoms with Crippen LogP contribution in [0.25, 0.3) is 16.4 Å². The highest BCUT2D eigenvalue weighted by molar-refractivity contribution is 7.98. The second kappa shape index (κ2) is 10.9. The van der Waals surface area contributed by atoms with Crippen LogP contribution in [0.1, 0.15) is 21.5 Å². The molecule has 0 aliphatic rings. The number of aromatic nitrogens is 4. The molecule has 0 unspecified atom stereocenters. The van der Waals surface area contributed by atoms with E-state index in [1.165, 1.54) is 0 Å². The Hall–Kier alpha value is -3.46. The Labute approximate surface area is 216 Å². The summed E-state index contributed by atoms with van der Waals surface area (Å²) in [5.74, 6) is 1.36. The summed E-state index contributed by atoms with van der Waals surface area (Å²) in [6, 6.07) is 23.1. The van der Waals surface area contributed by atoms with E-state index < -0.39 is 0 Å². The summed E-state index contributed by atoms with van der Waals surface area (Å²) >= 11 is 9.47. The third-order valence-electron chi connectivity index (χ3n) is 5.23. The third kappa shape index (κ3) is 5.62. The van der Waals surface area contributed by atoms with Crippen LogP contribution in [-0.4, -0.2) is 25.7 Å². The van der Waals surface area contributed by atoms with Crippen molar-refractivity contribution >= 4 is 40.6 Å². The molecule has 0 spiro atoms. The molecule has 6 nitrogen and oxygen atoms in total. The van der Waals surface area contributed by atoms with Gasteiger partial charge in [0.05, 0.1) is 10.6 Å². The normalized spacial score (nSPS) is 10.9. The van der Waals surface area contributed by atoms with Crippen LogP contribution in [0.3, 0.4) is 0 Å². The van der Waals surface area contributed by atoms with Gasteiger partial charge in [-0.1, -0.05) is 47.6 Å². The molecule has 0 aliphatic carbocycles. The lowest BCUT2D eigenvalue weighted by atomic mass is 10.1. The zero-order valence-corrected chi connectivity index (χ0v) is 20.9. The first-order chi connectivity index (χ1) is 17.2. The van der Waals surface area contributed by atoms with Gasteiger partial charge in [-0.2, -0.15) is 0 Å². The Morgan fingerprint density at radius 2 is 1.80 bits per heavy atom. The topological polar surface area (TPSA) is 72.7 Å². The van der Waals surface area contributed by atoms with Crippen molar-refractivity contribution in [2.45, 2.75) is 17.5 Å². The molecule has 2 aromatic carbocycles. The molecule has 0 saturated carbocycles. The number of benzene rings is 2.